The molecule has 0 amide bonds. The molecule has 0 radical (unpaired) electrons. The number of hydrogen-bond donors (Lipinski definition) is 2. The van der Waals surface area contributed by atoms with Crippen molar-refractivity contribution in [3.8, 4) is 11.5 Å². The molecule has 0 saturated carbocycles. The number of aliphatic imine (C=N–C) groups is 1. The lowest BCUT2D eigenvalue weighted by atomic mass is 10.2. The lowest BCUT2D eigenvalue weighted by Crippen LogP contribution is -2.36. The number of halogens is 3. The van der Waals surface area contributed by atoms with E-state index in [1.165, 1.54) is 6.07 Å². The van der Waals surface area contributed by atoms with E-state index in [1.807, 2.05) is 31.2 Å². The van der Waals surface area contributed by atoms with E-state index < -0.39 is 12.8 Å². The summed E-state index contributed by atoms with van der Waals surface area (Å²) < 4.78 is 46.8. The first-order valence-corrected chi connectivity index (χ1v) is 8.83. The topological polar surface area (TPSA) is 54.9 Å². The van der Waals surface area contributed by atoms with Gasteiger partial charge in [-0.05, 0) is 42.3 Å². The highest BCUT2D eigenvalue weighted by Gasteiger charge is 2.28. The number of nitrogens with zero attached hydrogens (tertiary/aromatic N) is 1. The fourth-order valence-corrected chi connectivity index (χ4v) is 2.38. The Kier molecular flexibility index (Phi) is 7.98. The van der Waals surface area contributed by atoms with Crippen LogP contribution in [-0.4, -0.2) is 32.4 Å². The first-order valence-electron chi connectivity index (χ1n) is 8.83. The van der Waals surface area contributed by atoms with E-state index in [0.29, 0.717) is 25.6 Å². The van der Waals surface area contributed by atoms with Gasteiger partial charge in [-0.15, -0.1) is 0 Å². The molecule has 28 heavy (non-hydrogen) atoms. The van der Waals surface area contributed by atoms with Crippen LogP contribution < -0.4 is 20.1 Å². The molecular formula is C20H24F3N3O2. The first kappa shape index (κ1) is 21.4. The monoisotopic (exact) mass is 395 g/mol. The van der Waals surface area contributed by atoms with Gasteiger partial charge in [-0.3, -0.25) is 0 Å². The van der Waals surface area contributed by atoms with Crippen LogP contribution in [0.1, 0.15) is 18.1 Å². The smallest absolute Gasteiger partial charge is 0.422 e. The van der Waals surface area contributed by atoms with E-state index in [9.17, 15) is 13.2 Å². The summed E-state index contributed by atoms with van der Waals surface area (Å²) in [7, 11) is 1.62. The summed E-state index contributed by atoms with van der Waals surface area (Å²) in [4.78, 5) is 4.48. The number of methoxy groups -OCH3 is 1. The Morgan fingerprint density at radius 1 is 1.00 bits per heavy atom. The zero-order valence-electron chi connectivity index (χ0n) is 15.8. The molecule has 8 heteroatoms. The molecule has 0 aliphatic carbocycles. The zero-order valence-corrected chi connectivity index (χ0v) is 15.8. The van der Waals surface area contributed by atoms with Crippen molar-refractivity contribution in [2.24, 2.45) is 4.99 Å². The number of nitrogens with one attached hydrogen (secondary N) is 2. The second-order valence-electron chi connectivity index (χ2n) is 5.95. The summed E-state index contributed by atoms with van der Waals surface area (Å²) in [5.74, 6) is 1.54. The fourth-order valence-electron chi connectivity index (χ4n) is 2.38. The van der Waals surface area contributed by atoms with Crippen molar-refractivity contribution in [3.63, 3.8) is 0 Å². The van der Waals surface area contributed by atoms with Crippen molar-refractivity contribution >= 4 is 5.96 Å². The molecule has 0 atom stereocenters. The molecule has 0 fully saturated rings. The lowest BCUT2D eigenvalue weighted by Gasteiger charge is -2.12. The van der Waals surface area contributed by atoms with Crippen molar-refractivity contribution in [1.82, 2.24) is 10.6 Å². The van der Waals surface area contributed by atoms with E-state index in [-0.39, 0.29) is 5.75 Å². The van der Waals surface area contributed by atoms with Crippen molar-refractivity contribution in [3.05, 3.63) is 59.7 Å². The average molecular weight is 395 g/mol. The second-order valence-corrected chi connectivity index (χ2v) is 5.95. The minimum atomic E-state index is -4.36. The quantitative estimate of drug-likeness (QED) is 0.526. The van der Waals surface area contributed by atoms with Gasteiger partial charge in [0, 0.05) is 13.1 Å². The van der Waals surface area contributed by atoms with Gasteiger partial charge >= 0.3 is 6.18 Å². The highest BCUT2D eigenvalue weighted by molar-refractivity contribution is 5.79. The molecule has 0 spiro atoms. The molecule has 0 heterocycles. The number of rotatable bonds is 8. The number of ether oxygens (including phenoxy) is 2. The number of alkyl halides is 3. The maximum Gasteiger partial charge on any atom is 0.422 e. The van der Waals surface area contributed by atoms with Crippen LogP contribution in [-0.2, 0) is 13.1 Å². The normalized spacial score (nSPS) is 11.8. The molecule has 0 aliphatic rings. The van der Waals surface area contributed by atoms with Gasteiger partial charge < -0.3 is 20.1 Å². The molecule has 0 bridgehead atoms. The van der Waals surface area contributed by atoms with Gasteiger partial charge in [0.05, 0.1) is 13.7 Å². The predicted molar refractivity (Wildman–Crippen MR) is 103 cm³/mol. The Morgan fingerprint density at radius 3 is 2.36 bits per heavy atom. The Balaban J connectivity index is 1.97. The molecule has 152 valence electrons. The number of hydrogen-bond acceptors (Lipinski definition) is 3. The van der Waals surface area contributed by atoms with Crippen LogP contribution in [0.2, 0.25) is 0 Å². The molecule has 2 N–H and O–H groups in total. The molecule has 2 aromatic rings. The van der Waals surface area contributed by atoms with E-state index in [0.717, 1.165) is 16.9 Å². The minimum Gasteiger partial charge on any atom is -0.497 e. The summed E-state index contributed by atoms with van der Waals surface area (Å²) in [5.41, 5.74) is 1.78. The maximum atomic E-state index is 12.3. The van der Waals surface area contributed by atoms with Crippen LogP contribution in [0.25, 0.3) is 0 Å². The van der Waals surface area contributed by atoms with Gasteiger partial charge in [-0.2, -0.15) is 13.2 Å². The van der Waals surface area contributed by atoms with E-state index in [1.54, 1.807) is 25.3 Å². The van der Waals surface area contributed by atoms with Crippen molar-refractivity contribution in [2.45, 2.75) is 26.2 Å². The molecule has 2 aromatic carbocycles. The second kappa shape index (κ2) is 10.4. The van der Waals surface area contributed by atoms with Gasteiger partial charge in [-0.1, -0.05) is 24.3 Å². The van der Waals surface area contributed by atoms with Crippen LogP contribution >= 0.6 is 0 Å². The van der Waals surface area contributed by atoms with Gasteiger partial charge in [-0.25, -0.2) is 4.99 Å². The van der Waals surface area contributed by atoms with Gasteiger partial charge in [0.25, 0.3) is 0 Å². The van der Waals surface area contributed by atoms with Crippen molar-refractivity contribution in [1.29, 1.82) is 0 Å². The molecule has 2 rings (SSSR count). The van der Waals surface area contributed by atoms with E-state index in [2.05, 4.69) is 15.6 Å². The number of guanidine groups is 1. The Labute approximate surface area is 162 Å². The molecule has 5 nitrogen and oxygen atoms in total. The third kappa shape index (κ3) is 7.77. The van der Waals surface area contributed by atoms with Gasteiger partial charge in [0.1, 0.15) is 11.5 Å². The molecular weight excluding hydrogens is 371 g/mol. The first-order chi connectivity index (χ1) is 13.4. The van der Waals surface area contributed by atoms with Crippen LogP contribution in [0.3, 0.4) is 0 Å². The SMILES string of the molecule is CCNC(=NCc1cccc(OCC(F)(F)F)c1)NCc1cccc(OC)c1. The van der Waals surface area contributed by atoms with Gasteiger partial charge in [0.15, 0.2) is 12.6 Å². The van der Waals surface area contributed by atoms with Crippen LogP contribution in [0.5, 0.6) is 11.5 Å². The van der Waals surface area contributed by atoms with E-state index in [4.69, 9.17) is 9.47 Å². The fraction of sp³-hybridized carbons (Fsp3) is 0.350. The summed E-state index contributed by atoms with van der Waals surface area (Å²) in [6.45, 7) is 2.17. The van der Waals surface area contributed by atoms with Crippen molar-refractivity contribution < 1.29 is 22.6 Å². The number of benzene rings is 2. The Bertz CT molecular complexity index is 779. The lowest BCUT2D eigenvalue weighted by molar-refractivity contribution is -0.153. The molecule has 0 aliphatic heterocycles. The summed E-state index contributed by atoms with van der Waals surface area (Å²) in [5, 5.41) is 6.36. The van der Waals surface area contributed by atoms with Crippen LogP contribution in [0.4, 0.5) is 13.2 Å². The molecule has 0 unspecified atom stereocenters. The Hall–Kier alpha value is -2.90. The summed E-state index contributed by atoms with van der Waals surface area (Å²) in [6.07, 6.45) is -4.36. The zero-order chi connectivity index (χ0) is 20.4. The Morgan fingerprint density at radius 2 is 1.68 bits per heavy atom. The third-order valence-corrected chi connectivity index (χ3v) is 3.66. The van der Waals surface area contributed by atoms with Crippen molar-refractivity contribution in [2.75, 3.05) is 20.3 Å². The summed E-state index contributed by atoms with van der Waals surface area (Å²) >= 11 is 0. The largest absolute Gasteiger partial charge is 0.497 e. The van der Waals surface area contributed by atoms with Crippen LogP contribution in [0.15, 0.2) is 53.5 Å². The van der Waals surface area contributed by atoms with Crippen LogP contribution in [0, 0.1) is 0 Å². The minimum absolute atomic E-state index is 0.166. The predicted octanol–water partition coefficient (Wildman–Crippen LogP) is 3.89. The maximum absolute atomic E-state index is 12.3. The summed E-state index contributed by atoms with van der Waals surface area (Å²) in [6, 6.07) is 14.2. The molecule has 0 aromatic heterocycles. The average Bonchev–Trinajstić information content (AvgIpc) is 2.68. The highest BCUT2D eigenvalue weighted by atomic mass is 19.4. The highest BCUT2D eigenvalue weighted by Crippen LogP contribution is 2.19. The standard InChI is InChI=1S/C20H24F3N3O2/c1-3-24-19(25-12-15-6-4-8-17(10-15)27-2)26-13-16-7-5-9-18(11-16)28-14-20(21,22)23/h4-11H,3,12-14H2,1-2H3,(H2,24,25,26). The van der Waals surface area contributed by atoms with Gasteiger partial charge in [0.2, 0.25) is 0 Å². The van der Waals surface area contributed by atoms with E-state index >= 15 is 0 Å². The molecule has 0 saturated heterocycles. The third-order valence-electron chi connectivity index (χ3n) is 3.66.